The fourth-order valence-corrected chi connectivity index (χ4v) is 2.21. The fourth-order valence-electron chi connectivity index (χ4n) is 1.89. The molecule has 0 saturated heterocycles. The standard InChI is InChI=1S/C12H9BrO.C6H7N/c13-8-12(14)11-6-5-9-3-1-2-4-10(9)7-11;1-6-4-2-3-5-7-6/h1-7H,8H2;2-5H,1H3. The summed E-state index contributed by atoms with van der Waals surface area (Å²) >= 11 is 3.17. The van der Waals surface area contributed by atoms with E-state index in [1.807, 2.05) is 67.6 Å². The normalized spacial score (nSPS) is 9.81. The number of carbonyl (C=O) groups is 1. The van der Waals surface area contributed by atoms with Gasteiger partial charge in [-0.25, -0.2) is 0 Å². The summed E-state index contributed by atoms with van der Waals surface area (Å²) in [6, 6.07) is 19.7. The average molecular weight is 342 g/mol. The number of halogens is 1. The quantitative estimate of drug-likeness (QED) is 0.494. The molecule has 0 bridgehead atoms. The Morgan fingerprint density at radius 3 is 2.29 bits per heavy atom. The number of aryl methyl sites for hydroxylation is 1. The first-order chi connectivity index (χ1) is 10.2. The van der Waals surface area contributed by atoms with Gasteiger partial charge in [0.15, 0.2) is 5.78 Å². The first kappa shape index (κ1) is 15.4. The summed E-state index contributed by atoms with van der Waals surface area (Å²) in [5, 5.41) is 2.66. The number of nitrogens with zero attached hydrogens (tertiary/aromatic N) is 1. The van der Waals surface area contributed by atoms with Gasteiger partial charge < -0.3 is 0 Å². The van der Waals surface area contributed by atoms with E-state index in [1.165, 1.54) is 5.39 Å². The monoisotopic (exact) mass is 341 g/mol. The maximum atomic E-state index is 11.4. The summed E-state index contributed by atoms with van der Waals surface area (Å²) < 4.78 is 0. The van der Waals surface area contributed by atoms with E-state index in [-0.39, 0.29) is 5.78 Å². The molecular formula is C18H16BrNO. The summed E-state index contributed by atoms with van der Waals surface area (Å²) in [7, 11) is 0. The molecule has 0 aliphatic carbocycles. The van der Waals surface area contributed by atoms with Gasteiger partial charge in [0.25, 0.3) is 0 Å². The van der Waals surface area contributed by atoms with E-state index in [9.17, 15) is 4.79 Å². The maximum absolute atomic E-state index is 11.4. The van der Waals surface area contributed by atoms with Crippen LogP contribution in [0.15, 0.2) is 66.9 Å². The average Bonchev–Trinajstić information content (AvgIpc) is 2.55. The summed E-state index contributed by atoms with van der Waals surface area (Å²) in [6.07, 6.45) is 1.79. The molecule has 0 aliphatic heterocycles. The van der Waals surface area contributed by atoms with Gasteiger partial charge in [0.2, 0.25) is 0 Å². The lowest BCUT2D eigenvalue weighted by Gasteiger charge is -2.00. The molecule has 0 spiro atoms. The minimum Gasteiger partial charge on any atom is -0.293 e. The second-order valence-corrected chi connectivity index (χ2v) is 5.15. The predicted molar refractivity (Wildman–Crippen MR) is 91.0 cm³/mol. The van der Waals surface area contributed by atoms with Gasteiger partial charge in [0.1, 0.15) is 0 Å². The summed E-state index contributed by atoms with van der Waals surface area (Å²) in [5.41, 5.74) is 1.84. The van der Waals surface area contributed by atoms with Crippen molar-refractivity contribution in [1.82, 2.24) is 4.98 Å². The van der Waals surface area contributed by atoms with E-state index in [1.54, 1.807) is 6.20 Å². The molecule has 3 rings (SSSR count). The second kappa shape index (κ2) is 7.70. The smallest absolute Gasteiger partial charge is 0.173 e. The Bertz CT molecular complexity index is 725. The lowest BCUT2D eigenvalue weighted by Crippen LogP contribution is -1.98. The van der Waals surface area contributed by atoms with Crippen molar-refractivity contribution in [3.63, 3.8) is 0 Å². The van der Waals surface area contributed by atoms with E-state index in [2.05, 4.69) is 20.9 Å². The Balaban J connectivity index is 0.000000194. The number of ketones is 1. The van der Waals surface area contributed by atoms with Gasteiger partial charge in [0, 0.05) is 17.5 Å². The molecule has 106 valence electrons. The van der Waals surface area contributed by atoms with E-state index in [4.69, 9.17) is 0 Å². The van der Waals surface area contributed by atoms with Gasteiger partial charge in [0.05, 0.1) is 5.33 Å². The Morgan fingerprint density at radius 1 is 1.00 bits per heavy atom. The molecule has 0 radical (unpaired) electrons. The van der Waals surface area contributed by atoms with Crippen molar-refractivity contribution in [2.24, 2.45) is 0 Å². The highest BCUT2D eigenvalue weighted by atomic mass is 79.9. The molecule has 3 heteroatoms. The number of alkyl halides is 1. The van der Waals surface area contributed by atoms with Crippen LogP contribution in [-0.4, -0.2) is 16.1 Å². The van der Waals surface area contributed by atoms with Crippen molar-refractivity contribution in [1.29, 1.82) is 0 Å². The van der Waals surface area contributed by atoms with Crippen molar-refractivity contribution < 1.29 is 4.79 Å². The third-order valence-corrected chi connectivity index (χ3v) is 3.51. The topological polar surface area (TPSA) is 30.0 Å². The molecule has 0 atom stereocenters. The molecule has 1 heterocycles. The fraction of sp³-hybridized carbons (Fsp3) is 0.111. The Hall–Kier alpha value is -2.00. The number of hydrogen-bond acceptors (Lipinski definition) is 2. The second-order valence-electron chi connectivity index (χ2n) is 4.59. The minimum atomic E-state index is 0.121. The van der Waals surface area contributed by atoms with Crippen LogP contribution in [0.5, 0.6) is 0 Å². The van der Waals surface area contributed by atoms with Crippen molar-refractivity contribution in [2.45, 2.75) is 6.92 Å². The zero-order valence-electron chi connectivity index (χ0n) is 11.8. The Morgan fingerprint density at radius 2 is 1.71 bits per heavy atom. The van der Waals surface area contributed by atoms with Crippen LogP contribution < -0.4 is 0 Å². The zero-order chi connectivity index (χ0) is 15.1. The van der Waals surface area contributed by atoms with Crippen LogP contribution in [0, 0.1) is 6.92 Å². The molecule has 3 aromatic rings. The molecule has 1 aromatic heterocycles. The highest BCUT2D eigenvalue weighted by molar-refractivity contribution is 9.09. The number of fused-ring (bicyclic) bond motifs is 1. The van der Waals surface area contributed by atoms with Crippen molar-refractivity contribution in [2.75, 3.05) is 5.33 Å². The van der Waals surface area contributed by atoms with Crippen LogP contribution in [0.4, 0.5) is 0 Å². The Kier molecular flexibility index (Phi) is 5.64. The minimum absolute atomic E-state index is 0.121. The number of Topliss-reactive ketones (excluding diaryl/α,β-unsaturated/α-hetero) is 1. The molecule has 2 nitrogen and oxygen atoms in total. The summed E-state index contributed by atoms with van der Waals surface area (Å²) in [4.78, 5) is 15.4. The summed E-state index contributed by atoms with van der Waals surface area (Å²) in [6.45, 7) is 1.97. The van der Waals surface area contributed by atoms with Gasteiger partial charge in [-0.2, -0.15) is 0 Å². The SMILES string of the molecule is Cc1ccccn1.O=C(CBr)c1ccc2ccccc2c1. The van der Waals surface area contributed by atoms with Crippen LogP contribution in [-0.2, 0) is 0 Å². The van der Waals surface area contributed by atoms with Gasteiger partial charge in [-0.05, 0) is 35.9 Å². The van der Waals surface area contributed by atoms with Crippen LogP contribution in [0.2, 0.25) is 0 Å². The lowest BCUT2D eigenvalue weighted by molar-refractivity contribution is 0.102. The number of hydrogen-bond donors (Lipinski definition) is 0. The molecule has 0 fully saturated rings. The van der Waals surface area contributed by atoms with Gasteiger partial charge in [-0.1, -0.05) is 58.4 Å². The molecule has 0 saturated carbocycles. The highest BCUT2D eigenvalue weighted by Gasteiger charge is 2.03. The number of carbonyl (C=O) groups excluding carboxylic acids is 1. The van der Waals surface area contributed by atoms with Gasteiger partial charge >= 0.3 is 0 Å². The first-order valence-corrected chi connectivity index (χ1v) is 7.78. The van der Waals surface area contributed by atoms with E-state index in [0.717, 1.165) is 16.6 Å². The molecule has 0 amide bonds. The molecule has 0 aliphatic rings. The van der Waals surface area contributed by atoms with Crippen LogP contribution in [0.1, 0.15) is 16.1 Å². The van der Waals surface area contributed by atoms with E-state index >= 15 is 0 Å². The molecule has 0 N–H and O–H groups in total. The molecule has 0 unspecified atom stereocenters. The number of aromatic nitrogens is 1. The number of benzene rings is 2. The van der Waals surface area contributed by atoms with E-state index < -0.39 is 0 Å². The Labute approximate surface area is 133 Å². The predicted octanol–water partition coefficient (Wildman–Crippen LogP) is 4.81. The molecule has 21 heavy (non-hydrogen) atoms. The van der Waals surface area contributed by atoms with Crippen LogP contribution in [0.25, 0.3) is 10.8 Å². The van der Waals surface area contributed by atoms with Crippen LogP contribution in [0.3, 0.4) is 0 Å². The van der Waals surface area contributed by atoms with E-state index in [0.29, 0.717) is 5.33 Å². The highest BCUT2D eigenvalue weighted by Crippen LogP contribution is 2.16. The number of rotatable bonds is 2. The third kappa shape index (κ3) is 4.50. The first-order valence-electron chi connectivity index (χ1n) is 6.66. The number of pyridine rings is 1. The molecular weight excluding hydrogens is 326 g/mol. The summed E-state index contributed by atoms with van der Waals surface area (Å²) in [5.74, 6) is 0.121. The maximum Gasteiger partial charge on any atom is 0.173 e. The largest absolute Gasteiger partial charge is 0.293 e. The van der Waals surface area contributed by atoms with Crippen molar-refractivity contribution in [3.8, 4) is 0 Å². The van der Waals surface area contributed by atoms with Crippen molar-refractivity contribution >= 4 is 32.5 Å². The third-order valence-electron chi connectivity index (χ3n) is 3.01. The van der Waals surface area contributed by atoms with Gasteiger partial charge in [-0.15, -0.1) is 0 Å². The van der Waals surface area contributed by atoms with Gasteiger partial charge in [-0.3, -0.25) is 9.78 Å². The zero-order valence-corrected chi connectivity index (χ0v) is 13.4. The van der Waals surface area contributed by atoms with Crippen LogP contribution >= 0.6 is 15.9 Å². The van der Waals surface area contributed by atoms with Crippen molar-refractivity contribution in [3.05, 3.63) is 78.1 Å². The lowest BCUT2D eigenvalue weighted by atomic mass is 10.1. The molecule has 2 aromatic carbocycles.